The van der Waals surface area contributed by atoms with Gasteiger partial charge in [-0.3, -0.25) is 0 Å². The third-order valence-electron chi connectivity index (χ3n) is 5.49. The van der Waals surface area contributed by atoms with E-state index < -0.39 is 0 Å². The van der Waals surface area contributed by atoms with E-state index in [0.29, 0.717) is 0 Å². The molecule has 15 heavy (non-hydrogen) atoms. The molecule has 88 valence electrons. The van der Waals surface area contributed by atoms with Crippen molar-refractivity contribution in [1.29, 1.82) is 0 Å². The highest BCUT2D eigenvalue weighted by molar-refractivity contribution is 4.89. The monoisotopic (exact) mass is 208 g/mol. The molecule has 1 spiro atoms. The van der Waals surface area contributed by atoms with Gasteiger partial charge in [-0.05, 0) is 68.6 Å². The molecule has 0 amide bonds. The lowest BCUT2D eigenvalue weighted by Gasteiger charge is -2.45. The van der Waals surface area contributed by atoms with Gasteiger partial charge < -0.3 is 0 Å². The minimum atomic E-state index is 0.817. The topological polar surface area (TPSA) is 0 Å². The Morgan fingerprint density at radius 3 is 1.33 bits per heavy atom. The van der Waals surface area contributed by atoms with E-state index in [-0.39, 0.29) is 0 Å². The van der Waals surface area contributed by atoms with E-state index in [4.69, 9.17) is 0 Å². The van der Waals surface area contributed by atoms with Gasteiger partial charge in [-0.2, -0.15) is 0 Å². The lowest BCUT2D eigenvalue weighted by molar-refractivity contribution is 0.0738. The molecule has 2 aliphatic carbocycles. The second kappa shape index (κ2) is 4.89. The molecular weight excluding hydrogens is 180 g/mol. The smallest absolute Gasteiger partial charge is 0.0297 e. The molecule has 0 radical (unpaired) electrons. The van der Waals surface area contributed by atoms with Crippen LogP contribution in [0.15, 0.2) is 0 Å². The molecule has 0 saturated heterocycles. The standard InChI is InChI=1S/C15H28/c1-3-13-5-9-15(10-6-13)11-7-14(4-2)8-12-15/h13-14H,3-12H2,1-2H3. The Labute approximate surface area is 95.8 Å². The Bertz CT molecular complexity index is 153. The lowest BCUT2D eigenvalue weighted by atomic mass is 9.61. The molecule has 0 heteroatoms. The Morgan fingerprint density at radius 2 is 1.07 bits per heavy atom. The van der Waals surface area contributed by atoms with Gasteiger partial charge in [0.25, 0.3) is 0 Å². The maximum absolute atomic E-state index is 2.37. The first-order chi connectivity index (χ1) is 7.28. The van der Waals surface area contributed by atoms with Gasteiger partial charge in [-0.25, -0.2) is 0 Å². The van der Waals surface area contributed by atoms with E-state index in [1.165, 1.54) is 38.5 Å². The van der Waals surface area contributed by atoms with Crippen LogP contribution < -0.4 is 0 Å². The molecule has 0 aromatic carbocycles. The zero-order valence-electron chi connectivity index (χ0n) is 10.7. The van der Waals surface area contributed by atoms with Gasteiger partial charge in [0.1, 0.15) is 0 Å². The predicted octanol–water partition coefficient (Wildman–Crippen LogP) is 5.17. The van der Waals surface area contributed by atoms with Crippen LogP contribution in [0.5, 0.6) is 0 Å². The summed E-state index contributed by atoms with van der Waals surface area (Å²) in [7, 11) is 0. The van der Waals surface area contributed by atoms with Crippen LogP contribution in [0.25, 0.3) is 0 Å². The predicted molar refractivity (Wildman–Crippen MR) is 66.9 cm³/mol. The zero-order chi connectivity index (χ0) is 10.7. The van der Waals surface area contributed by atoms with Crippen LogP contribution in [0.3, 0.4) is 0 Å². The lowest BCUT2D eigenvalue weighted by Crippen LogP contribution is -2.31. The third-order valence-corrected chi connectivity index (χ3v) is 5.49. The molecule has 0 bridgehead atoms. The SMILES string of the molecule is CCC1CCC2(CC1)CCC(CC)CC2. The summed E-state index contributed by atoms with van der Waals surface area (Å²) in [5.74, 6) is 2.14. The van der Waals surface area contributed by atoms with Gasteiger partial charge in [0.15, 0.2) is 0 Å². The van der Waals surface area contributed by atoms with Gasteiger partial charge in [0.2, 0.25) is 0 Å². The number of hydrogen-bond acceptors (Lipinski definition) is 0. The van der Waals surface area contributed by atoms with Gasteiger partial charge in [0.05, 0.1) is 0 Å². The number of rotatable bonds is 2. The highest BCUT2D eigenvalue weighted by atomic mass is 14.4. The molecule has 0 heterocycles. The summed E-state index contributed by atoms with van der Waals surface area (Å²) in [6.45, 7) is 4.74. The summed E-state index contributed by atoms with van der Waals surface area (Å²) < 4.78 is 0. The minimum Gasteiger partial charge on any atom is -0.0651 e. The molecule has 0 N–H and O–H groups in total. The van der Waals surface area contributed by atoms with E-state index in [1.807, 2.05) is 0 Å². The molecule has 0 aliphatic heterocycles. The summed E-state index contributed by atoms with van der Waals surface area (Å²) >= 11 is 0. The highest BCUT2D eigenvalue weighted by Crippen LogP contribution is 2.50. The van der Waals surface area contributed by atoms with Crippen molar-refractivity contribution >= 4 is 0 Å². The molecule has 2 fully saturated rings. The summed E-state index contributed by atoms with van der Waals surface area (Å²) in [4.78, 5) is 0. The van der Waals surface area contributed by atoms with Crippen LogP contribution in [0.4, 0.5) is 0 Å². The maximum Gasteiger partial charge on any atom is -0.0297 e. The molecule has 0 atom stereocenters. The third kappa shape index (κ3) is 2.57. The second-order valence-electron chi connectivity index (χ2n) is 6.20. The van der Waals surface area contributed by atoms with Crippen molar-refractivity contribution in [2.24, 2.45) is 17.3 Å². The second-order valence-corrected chi connectivity index (χ2v) is 6.20. The van der Waals surface area contributed by atoms with E-state index in [2.05, 4.69) is 13.8 Å². The summed E-state index contributed by atoms with van der Waals surface area (Å²) in [6, 6.07) is 0. The van der Waals surface area contributed by atoms with Gasteiger partial charge in [-0.1, -0.05) is 26.7 Å². The molecular formula is C15H28. The summed E-state index contributed by atoms with van der Waals surface area (Å²) in [5.41, 5.74) is 0.817. The molecule has 0 aromatic heterocycles. The average molecular weight is 208 g/mol. The average Bonchev–Trinajstić information content (AvgIpc) is 2.31. The molecule has 0 nitrogen and oxygen atoms in total. The molecule has 2 saturated carbocycles. The first kappa shape index (κ1) is 11.5. The van der Waals surface area contributed by atoms with Crippen LogP contribution in [-0.2, 0) is 0 Å². The van der Waals surface area contributed by atoms with E-state index in [1.54, 1.807) is 25.7 Å². The van der Waals surface area contributed by atoms with Gasteiger partial charge >= 0.3 is 0 Å². The number of hydrogen-bond donors (Lipinski definition) is 0. The quantitative estimate of drug-likeness (QED) is 0.587. The Morgan fingerprint density at radius 1 is 0.733 bits per heavy atom. The van der Waals surface area contributed by atoms with E-state index >= 15 is 0 Å². The van der Waals surface area contributed by atoms with Crippen molar-refractivity contribution in [3.8, 4) is 0 Å². The van der Waals surface area contributed by atoms with Crippen molar-refractivity contribution in [2.45, 2.75) is 78.1 Å². The van der Waals surface area contributed by atoms with Gasteiger partial charge in [0, 0.05) is 0 Å². The van der Waals surface area contributed by atoms with Crippen LogP contribution in [-0.4, -0.2) is 0 Å². The fourth-order valence-electron chi connectivity index (χ4n) is 3.90. The Hall–Kier alpha value is 0. The molecule has 0 unspecified atom stereocenters. The van der Waals surface area contributed by atoms with Gasteiger partial charge in [-0.15, -0.1) is 0 Å². The molecule has 2 aliphatic rings. The van der Waals surface area contributed by atoms with Crippen molar-refractivity contribution in [2.75, 3.05) is 0 Å². The fourth-order valence-corrected chi connectivity index (χ4v) is 3.90. The van der Waals surface area contributed by atoms with Crippen molar-refractivity contribution in [3.05, 3.63) is 0 Å². The van der Waals surface area contributed by atoms with Crippen LogP contribution in [0.1, 0.15) is 78.1 Å². The molecule has 0 aromatic rings. The first-order valence-corrected chi connectivity index (χ1v) is 7.28. The largest absolute Gasteiger partial charge is 0.0651 e. The van der Waals surface area contributed by atoms with Crippen molar-refractivity contribution in [1.82, 2.24) is 0 Å². The molecule has 2 rings (SSSR count). The highest BCUT2D eigenvalue weighted by Gasteiger charge is 2.37. The Balaban J connectivity index is 1.83. The fraction of sp³-hybridized carbons (Fsp3) is 1.00. The van der Waals surface area contributed by atoms with Crippen LogP contribution in [0, 0.1) is 17.3 Å². The first-order valence-electron chi connectivity index (χ1n) is 7.28. The van der Waals surface area contributed by atoms with Crippen LogP contribution in [0.2, 0.25) is 0 Å². The van der Waals surface area contributed by atoms with E-state index in [9.17, 15) is 0 Å². The van der Waals surface area contributed by atoms with Crippen molar-refractivity contribution < 1.29 is 0 Å². The minimum absolute atomic E-state index is 0.817. The zero-order valence-corrected chi connectivity index (χ0v) is 10.7. The maximum atomic E-state index is 2.37. The summed E-state index contributed by atoms with van der Waals surface area (Å²) in [5, 5.41) is 0. The normalized spacial score (nSPS) is 42.0. The Kier molecular flexibility index (Phi) is 3.74. The van der Waals surface area contributed by atoms with Crippen molar-refractivity contribution in [3.63, 3.8) is 0 Å². The van der Waals surface area contributed by atoms with E-state index in [0.717, 1.165) is 17.3 Å². The van der Waals surface area contributed by atoms with Crippen LogP contribution >= 0.6 is 0 Å². The summed E-state index contributed by atoms with van der Waals surface area (Å²) in [6.07, 6.45) is 15.2.